The molecule has 0 bridgehead atoms. The lowest BCUT2D eigenvalue weighted by atomic mass is 9.96. The molecule has 0 spiro atoms. The molecular formula is C60H107NO18. The highest BCUT2D eigenvalue weighted by atomic mass is 16.8. The Labute approximate surface area is 472 Å². The Bertz CT molecular complexity index is 1630. The molecule has 3 fully saturated rings. The normalized spacial score (nSPS) is 30.6. The zero-order chi connectivity index (χ0) is 57.6. The molecular weight excluding hydrogens is 1020 g/mol. The summed E-state index contributed by atoms with van der Waals surface area (Å²) in [6.07, 6.45) is 20.9. The Kier molecular flexibility index (Phi) is 39.0. The van der Waals surface area contributed by atoms with Crippen LogP contribution in [0.25, 0.3) is 0 Å². The SMILES string of the molecule is CCCCCC/C=C\C/C=C\CCCCCCCCCC(=O)NC(COC1OC(CO)C(OC2OC(CO)C(OC3OC(CO)C(O)C(O)C3O)C(O)C2O)C(O)C1O)C(O)/C=C/CC/C=C/CCCCCCCCCCCC. The first-order valence-electron chi connectivity index (χ1n) is 30.4. The van der Waals surface area contributed by atoms with Crippen LogP contribution in [0.1, 0.15) is 194 Å². The number of rotatable bonds is 44. The first-order valence-corrected chi connectivity index (χ1v) is 30.4. The Morgan fingerprint density at radius 1 is 0.456 bits per heavy atom. The van der Waals surface area contributed by atoms with Crippen LogP contribution in [-0.4, -0.2) is 193 Å². The van der Waals surface area contributed by atoms with E-state index in [0.29, 0.717) is 12.8 Å². The van der Waals surface area contributed by atoms with E-state index < -0.39 is 124 Å². The van der Waals surface area contributed by atoms with Gasteiger partial charge in [-0.25, -0.2) is 0 Å². The third-order valence-corrected chi connectivity index (χ3v) is 15.1. The average molecular weight is 1130 g/mol. The molecule has 0 aromatic rings. The highest BCUT2D eigenvalue weighted by molar-refractivity contribution is 5.76. The van der Waals surface area contributed by atoms with Gasteiger partial charge in [0.2, 0.25) is 5.91 Å². The highest BCUT2D eigenvalue weighted by Crippen LogP contribution is 2.33. The van der Waals surface area contributed by atoms with Crippen molar-refractivity contribution in [1.29, 1.82) is 0 Å². The van der Waals surface area contributed by atoms with Gasteiger partial charge in [0.25, 0.3) is 0 Å². The molecule has 3 aliphatic heterocycles. The zero-order valence-corrected chi connectivity index (χ0v) is 47.8. The van der Waals surface area contributed by atoms with Crippen LogP contribution in [0, 0.1) is 0 Å². The maximum atomic E-state index is 13.3. The fourth-order valence-corrected chi connectivity index (χ4v) is 10.1. The Balaban J connectivity index is 1.52. The number of hydrogen-bond donors (Lipinski definition) is 12. The molecule has 17 atom stereocenters. The Morgan fingerprint density at radius 3 is 1.35 bits per heavy atom. The van der Waals surface area contributed by atoms with E-state index in [1.165, 1.54) is 83.5 Å². The molecule has 19 nitrogen and oxygen atoms in total. The second kappa shape index (κ2) is 43.4. The molecule has 0 aromatic carbocycles. The van der Waals surface area contributed by atoms with Gasteiger partial charge in [-0.1, -0.05) is 172 Å². The minimum atomic E-state index is -1.98. The highest BCUT2D eigenvalue weighted by Gasteiger charge is 2.53. The van der Waals surface area contributed by atoms with Gasteiger partial charge in [0, 0.05) is 6.42 Å². The van der Waals surface area contributed by atoms with E-state index in [4.69, 9.17) is 28.4 Å². The van der Waals surface area contributed by atoms with Gasteiger partial charge < -0.3 is 89.9 Å². The minimum absolute atomic E-state index is 0.225. The molecule has 0 aliphatic carbocycles. The van der Waals surface area contributed by atoms with Gasteiger partial charge in [-0.3, -0.25) is 4.79 Å². The van der Waals surface area contributed by atoms with Crippen LogP contribution < -0.4 is 5.32 Å². The molecule has 460 valence electrons. The summed E-state index contributed by atoms with van der Waals surface area (Å²) in [7, 11) is 0. The predicted molar refractivity (Wildman–Crippen MR) is 300 cm³/mol. The second-order valence-corrected chi connectivity index (χ2v) is 21.8. The third kappa shape index (κ3) is 27.3. The predicted octanol–water partition coefficient (Wildman–Crippen LogP) is 5.48. The van der Waals surface area contributed by atoms with Crippen LogP contribution in [-0.2, 0) is 33.2 Å². The lowest BCUT2D eigenvalue weighted by Gasteiger charge is -2.48. The van der Waals surface area contributed by atoms with Crippen molar-refractivity contribution in [3.8, 4) is 0 Å². The van der Waals surface area contributed by atoms with E-state index in [2.05, 4.69) is 55.6 Å². The number of hydrogen-bond acceptors (Lipinski definition) is 18. The fourth-order valence-electron chi connectivity index (χ4n) is 10.1. The first kappa shape index (κ1) is 71.0. The van der Waals surface area contributed by atoms with E-state index in [-0.39, 0.29) is 18.9 Å². The second-order valence-electron chi connectivity index (χ2n) is 21.8. The number of aliphatic hydroxyl groups is 11. The molecule has 3 rings (SSSR count). The summed E-state index contributed by atoms with van der Waals surface area (Å²) >= 11 is 0. The standard InChI is InChI=1S/C60H107NO18/c1-3-5-7-9-11-13-15-17-19-21-22-24-26-28-30-32-34-36-38-48(66)61-43(44(65)37-35-33-31-29-27-25-23-20-18-16-14-12-10-8-6-4-2)42-74-58-54(72)51(69)56(46(40-63)76-58)79-60-55(73)52(70)57(47(41-64)77-60)78-59-53(71)50(68)49(67)45(39-62)75-59/h13,15,19,21,27,29,35,37,43-47,49-60,62-65,67-73H,3-12,14,16-18,20,22-26,28,30-34,36,38-42H2,1-2H3,(H,61,66)/b15-13-,21-19-,29-27+,37-35+. The summed E-state index contributed by atoms with van der Waals surface area (Å²) in [5.41, 5.74) is 0. The monoisotopic (exact) mass is 1130 g/mol. The van der Waals surface area contributed by atoms with Gasteiger partial charge in [-0.15, -0.1) is 0 Å². The van der Waals surface area contributed by atoms with Crippen molar-refractivity contribution >= 4 is 5.91 Å². The average Bonchev–Trinajstić information content (AvgIpc) is 3.47. The molecule has 3 aliphatic rings. The largest absolute Gasteiger partial charge is 0.394 e. The van der Waals surface area contributed by atoms with Crippen molar-refractivity contribution in [2.45, 2.75) is 298 Å². The van der Waals surface area contributed by atoms with Gasteiger partial charge in [-0.2, -0.15) is 0 Å². The van der Waals surface area contributed by atoms with Gasteiger partial charge >= 0.3 is 0 Å². The van der Waals surface area contributed by atoms with E-state index in [0.717, 1.165) is 77.0 Å². The molecule has 0 radical (unpaired) electrons. The summed E-state index contributed by atoms with van der Waals surface area (Å²) in [5.74, 6) is -0.295. The number of ether oxygens (including phenoxy) is 6. The molecule has 0 aromatic heterocycles. The number of allylic oxidation sites excluding steroid dienone is 7. The number of carbonyl (C=O) groups excluding carboxylic acids is 1. The van der Waals surface area contributed by atoms with Crippen molar-refractivity contribution in [2.24, 2.45) is 0 Å². The van der Waals surface area contributed by atoms with Crippen molar-refractivity contribution < 1.29 is 89.4 Å². The van der Waals surface area contributed by atoms with Gasteiger partial charge in [0.15, 0.2) is 18.9 Å². The molecule has 0 saturated carbocycles. The van der Waals surface area contributed by atoms with Gasteiger partial charge in [0.05, 0.1) is 38.6 Å². The number of carbonyl (C=O) groups is 1. The van der Waals surface area contributed by atoms with Crippen LogP contribution in [0.3, 0.4) is 0 Å². The van der Waals surface area contributed by atoms with E-state index >= 15 is 0 Å². The molecule has 12 N–H and O–H groups in total. The number of unbranched alkanes of at least 4 members (excludes halogenated alkanes) is 22. The smallest absolute Gasteiger partial charge is 0.220 e. The van der Waals surface area contributed by atoms with Crippen molar-refractivity contribution in [3.05, 3.63) is 48.6 Å². The van der Waals surface area contributed by atoms with Gasteiger partial charge in [0.1, 0.15) is 73.2 Å². The fraction of sp³-hybridized carbons (Fsp3) is 0.850. The van der Waals surface area contributed by atoms with Crippen LogP contribution in [0.2, 0.25) is 0 Å². The van der Waals surface area contributed by atoms with Crippen molar-refractivity contribution in [1.82, 2.24) is 5.32 Å². The van der Waals surface area contributed by atoms with Crippen LogP contribution in [0.5, 0.6) is 0 Å². The topological polar surface area (TPSA) is 307 Å². The van der Waals surface area contributed by atoms with E-state index in [1.807, 2.05) is 6.08 Å². The Morgan fingerprint density at radius 2 is 0.848 bits per heavy atom. The lowest BCUT2D eigenvalue weighted by Crippen LogP contribution is -2.66. The van der Waals surface area contributed by atoms with Crippen LogP contribution >= 0.6 is 0 Å². The van der Waals surface area contributed by atoms with Gasteiger partial charge in [-0.05, 0) is 64.2 Å². The quantitative estimate of drug-likeness (QED) is 0.0265. The molecule has 79 heavy (non-hydrogen) atoms. The Hall–Kier alpha value is -2.25. The summed E-state index contributed by atoms with van der Waals surface area (Å²) in [4.78, 5) is 13.3. The molecule has 17 unspecified atom stereocenters. The lowest BCUT2D eigenvalue weighted by molar-refractivity contribution is -0.379. The maximum absolute atomic E-state index is 13.3. The number of nitrogens with one attached hydrogen (secondary N) is 1. The van der Waals surface area contributed by atoms with Crippen molar-refractivity contribution in [3.63, 3.8) is 0 Å². The number of aliphatic hydroxyl groups excluding tert-OH is 11. The third-order valence-electron chi connectivity index (χ3n) is 15.1. The summed E-state index contributed by atoms with van der Waals surface area (Å²) in [5, 5.41) is 120. The molecule has 19 heteroatoms. The van der Waals surface area contributed by atoms with Crippen LogP contribution in [0.4, 0.5) is 0 Å². The first-order chi connectivity index (χ1) is 38.3. The maximum Gasteiger partial charge on any atom is 0.220 e. The summed E-state index contributed by atoms with van der Waals surface area (Å²) in [6, 6.07) is -0.994. The molecule has 1 amide bonds. The summed E-state index contributed by atoms with van der Waals surface area (Å²) < 4.78 is 34.2. The van der Waals surface area contributed by atoms with E-state index in [1.54, 1.807) is 6.08 Å². The molecule has 3 heterocycles. The minimum Gasteiger partial charge on any atom is -0.394 e. The number of amides is 1. The van der Waals surface area contributed by atoms with Crippen LogP contribution in [0.15, 0.2) is 48.6 Å². The van der Waals surface area contributed by atoms with E-state index in [9.17, 15) is 61.0 Å². The molecule has 3 saturated heterocycles. The summed E-state index contributed by atoms with van der Waals surface area (Å²) in [6.45, 7) is 1.67. The zero-order valence-electron chi connectivity index (χ0n) is 47.8. The van der Waals surface area contributed by atoms with Crippen molar-refractivity contribution in [2.75, 3.05) is 26.4 Å².